The first-order valence-electron chi connectivity index (χ1n) is 4.07. The Morgan fingerprint density at radius 1 is 0.786 bits per heavy atom. The lowest BCUT2D eigenvalue weighted by molar-refractivity contribution is 1.54. The van der Waals surface area contributed by atoms with Crippen LogP contribution < -0.4 is 0 Å². The number of nitrogens with zero attached hydrogens (tertiary/aromatic N) is 1. The predicted molar refractivity (Wildman–Crippen MR) is 62.6 cm³/mol. The van der Waals surface area contributed by atoms with Crippen molar-refractivity contribution in [2.75, 3.05) is 0 Å². The zero-order valence-electron chi connectivity index (χ0n) is 8.26. The summed E-state index contributed by atoms with van der Waals surface area (Å²) in [6.45, 7) is 9.84. The third-order valence-corrected chi connectivity index (χ3v) is 0.925. The van der Waals surface area contributed by atoms with Gasteiger partial charge < -0.3 is 0 Å². The Kier molecular flexibility index (Phi) is 17.7. The molecular weight excluding hydrogens is 170 g/mol. The molecular formula is C13H15N. The van der Waals surface area contributed by atoms with Crippen LogP contribution in [0.25, 0.3) is 0 Å². The highest BCUT2D eigenvalue weighted by Gasteiger charge is 1.57. The van der Waals surface area contributed by atoms with Gasteiger partial charge in [-0.15, -0.1) is 0 Å². The van der Waals surface area contributed by atoms with E-state index in [2.05, 4.69) is 19.7 Å². The first-order chi connectivity index (χ1) is 6.83. The summed E-state index contributed by atoms with van der Waals surface area (Å²) in [4.78, 5) is 0. The van der Waals surface area contributed by atoms with Crippen molar-refractivity contribution in [3.8, 4) is 6.07 Å². The Labute approximate surface area is 86.3 Å². The summed E-state index contributed by atoms with van der Waals surface area (Å²) in [7, 11) is 0. The van der Waals surface area contributed by atoms with E-state index in [1.165, 1.54) is 6.08 Å². The van der Waals surface area contributed by atoms with Gasteiger partial charge in [-0.2, -0.15) is 5.26 Å². The molecule has 0 aromatic heterocycles. The van der Waals surface area contributed by atoms with Crippen molar-refractivity contribution >= 4 is 0 Å². The molecule has 1 rings (SSSR count). The minimum atomic E-state index is 1.18. The standard InChI is InChI=1S/C6H6.C4H6.C3H3N/c1-2-4-6-5-3-1;1-3-4-2;1-2-3-4/h1-6H;3-4H,1-2H2;2H,1H2. The highest BCUT2D eigenvalue weighted by Crippen LogP contribution is 1.79. The number of allylic oxidation sites excluding steroid dienone is 3. The van der Waals surface area contributed by atoms with Gasteiger partial charge in [0.25, 0.3) is 0 Å². The number of hydrogen-bond acceptors (Lipinski definition) is 1. The van der Waals surface area contributed by atoms with E-state index >= 15 is 0 Å². The van der Waals surface area contributed by atoms with E-state index in [1.54, 1.807) is 18.2 Å². The van der Waals surface area contributed by atoms with E-state index in [9.17, 15) is 0 Å². The van der Waals surface area contributed by atoms with Gasteiger partial charge in [0.15, 0.2) is 0 Å². The summed E-state index contributed by atoms with van der Waals surface area (Å²) < 4.78 is 0. The number of benzene rings is 1. The van der Waals surface area contributed by atoms with Crippen molar-refractivity contribution in [3.05, 3.63) is 74.4 Å². The van der Waals surface area contributed by atoms with Crippen LogP contribution in [0.3, 0.4) is 0 Å². The van der Waals surface area contributed by atoms with Crippen molar-refractivity contribution in [2.24, 2.45) is 0 Å². The molecule has 0 saturated carbocycles. The predicted octanol–water partition coefficient (Wildman–Crippen LogP) is 3.74. The van der Waals surface area contributed by atoms with Crippen LogP contribution in [-0.4, -0.2) is 0 Å². The summed E-state index contributed by atoms with van der Waals surface area (Å²) >= 11 is 0. The van der Waals surface area contributed by atoms with Gasteiger partial charge in [-0.3, -0.25) is 0 Å². The quantitative estimate of drug-likeness (QED) is 0.483. The van der Waals surface area contributed by atoms with Crippen LogP contribution in [0.2, 0.25) is 0 Å². The molecule has 0 aliphatic carbocycles. The molecule has 0 N–H and O–H groups in total. The van der Waals surface area contributed by atoms with Gasteiger partial charge in [0.2, 0.25) is 0 Å². The molecule has 0 saturated heterocycles. The second-order valence-corrected chi connectivity index (χ2v) is 1.96. The SMILES string of the molecule is C=CC#N.C=CC=C.c1ccccc1. The largest absolute Gasteiger partial charge is 0.193 e. The molecule has 0 heterocycles. The smallest absolute Gasteiger partial charge is 0.0905 e. The van der Waals surface area contributed by atoms with Gasteiger partial charge in [-0.25, -0.2) is 0 Å². The maximum atomic E-state index is 7.51. The Morgan fingerprint density at radius 2 is 1.00 bits per heavy atom. The third-order valence-electron chi connectivity index (χ3n) is 0.925. The zero-order valence-corrected chi connectivity index (χ0v) is 8.26. The molecule has 1 nitrogen and oxygen atoms in total. The molecule has 0 unspecified atom stereocenters. The summed E-state index contributed by atoms with van der Waals surface area (Å²) in [6.07, 6.45) is 4.46. The van der Waals surface area contributed by atoms with Gasteiger partial charge in [0.05, 0.1) is 6.07 Å². The first-order valence-corrected chi connectivity index (χ1v) is 4.07. The molecule has 0 radical (unpaired) electrons. The average molecular weight is 185 g/mol. The van der Waals surface area contributed by atoms with Crippen LogP contribution in [0, 0.1) is 11.3 Å². The van der Waals surface area contributed by atoms with E-state index in [0.717, 1.165) is 0 Å². The Morgan fingerprint density at radius 3 is 1.07 bits per heavy atom. The topological polar surface area (TPSA) is 23.8 Å². The number of hydrogen-bond donors (Lipinski definition) is 0. The first kappa shape index (κ1) is 14.5. The molecule has 0 spiro atoms. The molecule has 72 valence electrons. The highest BCUT2D eigenvalue weighted by atomic mass is 14.2. The minimum Gasteiger partial charge on any atom is -0.193 e. The molecule has 1 aromatic carbocycles. The molecule has 0 bridgehead atoms. The van der Waals surface area contributed by atoms with E-state index < -0.39 is 0 Å². The zero-order chi connectivity index (χ0) is 11.1. The lowest BCUT2D eigenvalue weighted by Crippen LogP contribution is -1.47. The fourth-order valence-corrected chi connectivity index (χ4v) is 0.385. The lowest BCUT2D eigenvalue weighted by Gasteiger charge is -1.69. The maximum Gasteiger partial charge on any atom is 0.0905 e. The van der Waals surface area contributed by atoms with Crippen LogP contribution in [0.4, 0.5) is 0 Å². The van der Waals surface area contributed by atoms with Gasteiger partial charge >= 0.3 is 0 Å². The second-order valence-electron chi connectivity index (χ2n) is 1.96. The van der Waals surface area contributed by atoms with Gasteiger partial charge in [0, 0.05) is 6.08 Å². The van der Waals surface area contributed by atoms with Crippen molar-refractivity contribution in [1.29, 1.82) is 5.26 Å². The molecule has 0 fully saturated rings. The Hall–Kier alpha value is -2.07. The third kappa shape index (κ3) is 22.5. The van der Waals surface area contributed by atoms with Gasteiger partial charge in [-0.1, -0.05) is 68.3 Å². The summed E-state index contributed by atoms with van der Waals surface area (Å²) in [5.74, 6) is 0. The van der Waals surface area contributed by atoms with Crippen molar-refractivity contribution in [2.45, 2.75) is 0 Å². The Balaban J connectivity index is 0. The van der Waals surface area contributed by atoms with E-state index in [1.807, 2.05) is 36.4 Å². The normalized spacial score (nSPS) is 5.93. The molecule has 0 amide bonds. The molecule has 14 heavy (non-hydrogen) atoms. The summed E-state index contributed by atoms with van der Waals surface area (Å²) in [6, 6.07) is 13.7. The molecule has 1 aromatic rings. The number of rotatable bonds is 1. The molecule has 1 heteroatoms. The van der Waals surface area contributed by atoms with E-state index in [-0.39, 0.29) is 0 Å². The van der Waals surface area contributed by atoms with Gasteiger partial charge in [0.1, 0.15) is 0 Å². The monoisotopic (exact) mass is 185 g/mol. The van der Waals surface area contributed by atoms with Crippen molar-refractivity contribution < 1.29 is 0 Å². The summed E-state index contributed by atoms with van der Waals surface area (Å²) in [5, 5.41) is 7.51. The molecule has 0 aliphatic rings. The average Bonchev–Trinajstić information content (AvgIpc) is 2.32. The van der Waals surface area contributed by atoms with Crippen molar-refractivity contribution in [3.63, 3.8) is 0 Å². The lowest BCUT2D eigenvalue weighted by atomic mass is 10.4. The van der Waals surface area contributed by atoms with Crippen LogP contribution >= 0.6 is 0 Å². The summed E-state index contributed by atoms with van der Waals surface area (Å²) in [5.41, 5.74) is 0. The maximum absolute atomic E-state index is 7.51. The van der Waals surface area contributed by atoms with Crippen LogP contribution in [0.15, 0.2) is 74.4 Å². The van der Waals surface area contributed by atoms with Gasteiger partial charge in [-0.05, 0) is 0 Å². The van der Waals surface area contributed by atoms with E-state index in [0.29, 0.717) is 0 Å². The van der Waals surface area contributed by atoms with Crippen LogP contribution in [-0.2, 0) is 0 Å². The number of nitriles is 1. The van der Waals surface area contributed by atoms with E-state index in [4.69, 9.17) is 5.26 Å². The molecule has 0 aliphatic heterocycles. The fourth-order valence-electron chi connectivity index (χ4n) is 0.385. The molecule has 0 atom stereocenters. The van der Waals surface area contributed by atoms with Crippen LogP contribution in [0.5, 0.6) is 0 Å². The Bertz CT molecular complexity index is 234. The highest BCUT2D eigenvalue weighted by molar-refractivity contribution is 4.99. The fraction of sp³-hybridized carbons (Fsp3) is 0. The van der Waals surface area contributed by atoms with Crippen LogP contribution in [0.1, 0.15) is 0 Å². The van der Waals surface area contributed by atoms with Crippen molar-refractivity contribution in [1.82, 2.24) is 0 Å². The minimum absolute atomic E-state index is 1.18. The second kappa shape index (κ2) is 17.1.